The van der Waals surface area contributed by atoms with Gasteiger partial charge in [-0.1, -0.05) is 0 Å². The Hall–Kier alpha value is -3.46. The average molecular weight is 423 g/mol. The predicted molar refractivity (Wildman–Crippen MR) is 118 cm³/mol. The summed E-state index contributed by atoms with van der Waals surface area (Å²) in [6.45, 7) is 3.20. The van der Waals surface area contributed by atoms with Crippen LogP contribution in [0.3, 0.4) is 0 Å². The molecule has 0 aliphatic carbocycles. The third-order valence-electron chi connectivity index (χ3n) is 5.63. The largest absolute Gasteiger partial charge is 0.383 e. The average Bonchev–Trinajstić information content (AvgIpc) is 2.80. The molecule has 3 aromatic rings. The van der Waals surface area contributed by atoms with E-state index < -0.39 is 0 Å². The fraction of sp³-hybridized carbons (Fsp3) is 0.364. The van der Waals surface area contributed by atoms with Crippen molar-refractivity contribution in [3.63, 3.8) is 0 Å². The Bertz CT molecular complexity index is 1220. The lowest BCUT2D eigenvalue weighted by Gasteiger charge is -2.36. The van der Waals surface area contributed by atoms with Crippen LogP contribution >= 0.6 is 0 Å². The van der Waals surface area contributed by atoms with Crippen molar-refractivity contribution < 1.29 is 9.53 Å². The number of piperazine rings is 1. The van der Waals surface area contributed by atoms with Crippen LogP contribution in [0.15, 0.2) is 52.4 Å². The van der Waals surface area contributed by atoms with Crippen molar-refractivity contribution in [1.29, 1.82) is 0 Å². The molecule has 1 fully saturated rings. The van der Waals surface area contributed by atoms with Gasteiger partial charge in [0.1, 0.15) is 5.56 Å². The first-order chi connectivity index (χ1) is 15.0. The zero-order chi connectivity index (χ0) is 22.0. The van der Waals surface area contributed by atoms with Gasteiger partial charge in [-0.2, -0.15) is 0 Å². The molecule has 9 nitrogen and oxygen atoms in total. The molecule has 1 aliphatic rings. The molecule has 2 aromatic heterocycles. The van der Waals surface area contributed by atoms with Crippen molar-refractivity contribution in [2.24, 2.45) is 7.05 Å². The molecule has 9 heteroatoms. The number of carbonyl (C=O) groups excluding carboxylic acids is 1. The van der Waals surface area contributed by atoms with Gasteiger partial charge in [-0.25, -0.2) is 4.98 Å². The molecule has 1 aliphatic heterocycles. The Morgan fingerprint density at radius 2 is 1.87 bits per heavy atom. The van der Waals surface area contributed by atoms with Crippen LogP contribution in [0.25, 0.3) is 10.9 Å². The van der Waals surface area contributed by atoms with E-state index in [0.29, 0.717) is 50.2 Å². The topological polar surface area (TPSA) is 89.7 Å². The molecule has 0 atom stereocenters. The third-order valence-corrected chi connectivity index (χ3v) is 5.63. The standard InChI is InChI=1S/C22H25N5O4/c1-24-7-3-4-18(20(24)28)22(30)26-10-8-25(9-11-26)16-5-6-17-19(14-16)23-15-27(21(17)29)12-13-31-2/h3-7,14-15H,8-13H2,1-2H3. The third kappa shape index (κ3) is 4.09. The summed E-state index contributed by atoms with van der Waals surface area (Å²) in [5, 5.41) is 0.566. The second kappa shape index (κ2) is 8.73. The maximum absolute atomic E-state index is 12.8. The summed E-state index contributed by atoms with van der Waals surface area (Å²) in [7, 11) is 3.23. The Labute approximate surface area is 179 Å². The van der Waals surface area contributed by atoms with E-state index in [0.717, 1.165) is 5.69 Å². The number of amides is 1. The summed E-state index contributed by atoms with van der Waals surface area (Å²) in [4.78, 5) is 45.9. The molecule has 0 bridgehead atoms. The summed E-state index contributed by atoms with van der Waals surface area (Å²) in [5.41, 5.74) is 1.41. The highest BCUT2D eigenvalue weighted by molar-refractivity contribution is 5.94. The van der Waals surface area contributed by atoms with E-state index >= 15 is 0 Å². The minimum atomic E-state index is -0.285. The van der Waals surface area contributed by atoms with Crippen molar-refractivity contribution >= 4 is 22.5 Å². The van der Waals surface area contributed by atoms with Crippen molar-refractivity contribution in [3.8, 4) is 0 Å². The minimum Gasteiger partial charge on any atom is -0.383 e. The zero-order valence-corrected chi connectivity index (χ0v) is 17.7. The van der Waals surface area contributed by atoms with Crippen molar-refractivity contribution in [2.45, 2.75) is 6.54 Å². The SMILES string of the molecule is COCCn1cnc2cc(N3CCN(C(=O)c4cccn(C)c4=O)CC3)ccc2c1=O. The maximum atomic E-state index is 12.8. The second-order valence-corrected chi connectivity index (χ2v) is 7.55. The predicted octanol–water partition coefficient (Wildman–Crippen LogP) is 0.704. The Kier molecular flexibility index (Phi) is 5.85. The summed E-state index contributed by atoms with van der Waals surface area (Å²) in [6.07, 6.45) is 3.18. The lowest BCUT2D eigenvalue weighted by Crippen LogP contribution is -2.49. The van der Waals surface area contributed by atoms with Crippen LogP contribution in [-0.2, 0) is 18.3 Å². The summed E-state index contributed by atoms with van der Waals surface area (Å²) >= 11 is 0. The summed E-state index contributed by atoms with van der Waals surface area (Å²) < 4.78 is 7.99. The molecule has 3 heterocycles. The van der Waals surface area contributed by atoms with Gasteiger partial charge in [0.25, 0.3) is 17.0 Å². The molecule has 0 N–H and O–H groups in total. The van der Waals surface area contributed by atoms with Gasteiger partial charge in [-0.15, -0.1) is 0 Å². The monoisotopic (exact) mass is 423 g/mol. The van der Waals surface area contributed by atoms with Gasteiger partial charge in [0.2, 0.25) is 0 Å². The Morgan fingerprint density at radius 1 is 1.10 bits per heavy atom. The molecule has 31 heavy (non-hydrogen) atoms. The number of methoxy groups -OCH3 is 1. The van der Waals surface area contributed by atoms with Crippen LogP contribution in [0.2, 0.25) is 0 Å². The molecule has 0 spiro atoms. The van der Waals surface area contributed by atoms with Crippen LogP contribution < -0.4 is 16.0 Å². The molecular weight excluding hydrogens is 398 g/mol. The van der Waals surface area contributed by atoms with Crippen LogP contribution in [0.1, 0.15) is 10.4 Å². The number of anilines is 1. The van der Waals surface area contributed by atoms with Gasteiger partial charge in [-0.05, 0) is 30.3 Å². The van der Waals surface area contributed by atoms with Crippen LogP contribution in [-0.4, -0.2) is 64.8 Å². The number of benzene rings is 1. The molecule has 1 saturated heterocycles. The van der Waals surface area contributed by atoms with Crippen molar-refractivity contribution in [1.82, 2.24) is 19.0 Å². The number of nitrogens with zero attached hydrogens (tertiary/aromatic N) is 5. The number of aryl methyl sites for hydroxylation is 1. The summed E-state index contributed by atoms with van der Waals surface area (Å²) in [5.74, 6) is -0.238. The van der Waals surface area contributed by atoms with Crippen LogP contribution in [0, 0.1) is 0 Å². The van der Waals surface area contributed by atoms with Crippen LogP contribution in [0.4, 0.5) is 5.69 Å². The molecule has 0 radical (unpaired) electrons. The van der Waals surface area contributed by atoms with Crippen LogP contribution in [0.5, 0.6) is 0 Å². The number of ether oxygens (including phenoxy) is 1. The smallest absolute Gasteiger partial charge is 0.263 e. The molecule has 0 saturated carbocycles. The second-order valence-electron chi connectivity index (χ2n) is 7.55. The van der Waals surface area contributed by atoms with E-state index in [2.05, 4.69) is 9.88 Å². The van der Waals surface area contributed by atoms with Crippen molar-refractivity contribution in [3.05, 3.63) is 69.1 Å². The highest BCUT2D eigenvalue weighted by Gasteiger charge is 2.24. The first-order valence-electron chi connectivity index (χ1n) is 10.2. The Balaban J connectivity index is 1.48. The number of fused-ring (bicyclic) bond motifs is 1. The quantitative estimate of drug-likeness (QED) is 0.600. The van der Waals surface area contributed by atoms with E-state index in [1.807, 2.05) is 12.1 Å². The van der Waals surface area contributed by atoms with Gasteiger partial charge >= 0.3 is 0 Å². The van der Waals surface area contributed by atoms with Gasteiger partial charge in [0, 0.05) is 52.2 Å². The van der Waals surface area contributed by atoms with Gasteiger partial charge in [-0.3, -0.25) is 19.0 Å². The molecule has 4 rings (SSSR count). The van der Waals surface area contributed by atoms with E-state index in [-0.39, 0.29) is 22.6 Å². The number of rotatable bonds is 5. The Morgan fingerprint density at radius 3 is 2.61 bits per heavy atom. The maximum Gasteiger partial charge on any atom is 0.263 e. The minimum absolute atomic E-state index is 0.0894. The zero-order valence-electron chi connectivity index (χ0n) is 17.7. The molecule has 1 aromatic carbocycles. The highest BCUT2D eigenvalue weighted by Crippen LogP contribution is 2.21. The molecular formula is C22H25N5O4. The van der Waals surface area contributed by atoms with E-state index in [9.17, 15) is 14.4 Å². The molecule has 1 amide bonds. The highest BCUT2D eigenvalue weighted by atomic mass is 16.5. The van der Waals surface area contributed by atoms with E-state index in [1.165, 1.54) is 4.57 Å². The number of aromatic nitrogens is 3. The first-order valence-corrected chi connectivity index (χ1v) is 10.2. The van der Waals surface area contributed by atoms with E-state index in [1.54, 1.807) is 54.3 Å². The van der Waals surface area contributed by atoms with Gasteiger partial charge < -0.3 is 19.1 Å². The fourth-order valence-electron chi connectivity index (χ4n) is 3.79. The number of pyridine rings is 1. The number of hydrogen-bond acceptors (Lipinski definition) is 6. The van der Waals surface area contributed by atoms with Gasteiger partial charge in [0.05, 0.1) is 30.4 Å². The summed E-state index contributed by atoms with van der Waals surface area (Å²) in [6, 6.07) is 8.90. The molecule has 162 valence electrons. The van der Waals surface area contributed by atoms with E-state index in [4.69, 9.17) is 4.74 Å². The number of hydrogen-bond donors (Lipinski definition) is 0. The van der Waals surface area contributed by atoms with Gasteiger partial charge in [0.15, 0.2) is 0 Å². The normalized spacial score (nSPS) is 14.3. The number of carbonyl (C=O) groups is 1. The van der Waals surface area contributed by atoms with Crippen molar-refractivity contribution in [2.75, 3.05) is 44.8 Å². The lowest BCUT2D eigenvalue weighted by atomic mass is 10.1. The first kappa shape index (κ1) is 20.8. The fourth-order valence-corrected chi connectivity index (χ4v) is 3.79. The lowest BCUT2D eigenvalue weighted by molar-refractivity contribution is 0.0744. The molecule has 0 unspecified atom stereocenters.